The maximum Gasteiger partial charge on any atom is 0.406 e. The van der Waals surface area contributed by atoms with Gasteiger partial charge in [0.05, 0.1) is 41.7 Å². The normalized spacial score (nSPS) is 18.0. The van der Waals surface area contributed by atoms with Gasteiger partial charge in [0, 0.05) is 30.4 Å². The molecule has 4 aromatic rings. The fraction of sp³-hybridized carbons (Fsp3) is 0.444. The highest BCUT2D eigenvalue weighted by Gasteiger charge is 2.32. The largest absolute Gasteiger partial charge is 0.406 e. The molecule has 41 heavy (non-hydrogen) atoms. The van der Waals surface area contributed by atoms with E-state index in [1.165, 1.54) is 18.3 Å². The van der Waals surface area contributed by atoms with E-state index >= 15 is 0 Å². The first-order chi connectivity index (χ1) is 19.3. The number of likely N-dealkylation sites (tertiary alicyclic amines) is 1. The maximum absolute atomic E-state index is 14.7. The number of imidazole rings is 1. The number of carbonyl (C=O) groups is 1. The quantitative estimate of drug-likeness (QED) is 0.329. The Morgan fingerprint density at radius 1 is 1.24 bits per heavy atom. The van der Waals surface area contributed by atoms with Gasteiger partial charge >= 0.3 is 6.18 Å². The number of nitrogens with one attached hydrogen (secondary N) is 1. The van der Waals surface area contributed by atoms with E-state index in [1.807, 2.05) is 32.7 Å². The van der Waals surface area contributed by atoms with Crippen LogP contribution in [0.1, 0.15) is 43.6 Å². The van der Waals surface area contributed by atoms with Crippen LogP contribution in [0.25, 0.3) is 22.4 Å². The van der Waals surface area contributed by atoms with Gasteiger partial charge in [-0.3, -0.25) is 9.79 Å². The highest BCUT2D eigenvalue weighted by molar-refractivity contribution is 5.99. The number of amides is 1. The van der Waals surface area contributed by atoms with Gasteiger partial charge in [-0.2, -0.15) is 18.2 Å². The molecule has 1 amide bonds. The van der Waals surface area contributed by atoms with E-state index in [-0.39, 0.29) is 41.6 Å². The average molecular weight is 575 g/mol. The zero-order valence-corrected chi connectivity index (χ0v) is 23.0. The SMILES string of the molecule is CN1CCC(=Nc2cccc3c2cc(-c2noc(CNC(=O)c4cncn4C(C)(C)C)n2)n3CC(F)(F)F)[C@@H](F)C1. The van der Waals surface area contributed by atoms with Crippen LogP contribution in [0.2, 0.25) is 0 Å². The number of benzene rings is 1. The smallest absolute Gasteiger partial charge is 0.342 e. The van der Waals surface area contributed by atoms with E-state index in [9.17, 15) is 22.4 Å². The van der Waals surface area contributed by atoms with Crippen molar-refractivity contribution in [2.45, 2.75) is 58.2 Å². The van der Waals surface area contributed by atoms with Crippen LogP contribution < -0.4 is 5.32 Å². The molecule has 3 aromatic heterocycles. The van der Waals surface area contributed by atoms with Crippen molar-refractivity contribution in [3.8, 4) is 11.5 Å². The lowest BCUT2D eigenvalue weighted by atomic mass is 10.1. The molecule has 0 bridgehead atoms. The number of piperidine rings is 1. The highest BCUT2D eigenvalue weighted by Crippen LogP contribution is 2.35. The fourth-order valence-electron chi connectivity index (χ4n) is 4.79. The molecule has 14 heteroatoms. The van der Waals surface area contributed by atoms with Crippen molar-refractivity contribution in [2.24, 2.45) is 4.99 Å². The first kappa shape index (κ1) is 28.5. The summed E-state index contributed by atoms with van der Waals surface area (Å²) in [5, 5.41) is 6.97. The number of halogens is 4. The number of aliphatic imine (C=N–C) groups is 1. The second-order valence-electron chi connectivity index (χ2n) is 11.0. The molecule has 1 fully saturated rings. The van der Waals surface area contributed by atoms with Crippen LogP contribution in [0.15, 0.2) is 46.3 Å². The van der Waals surface area contributed by atoms with Gasteiger partial charge in [-0.05, 0) is 46.0 Å². The molecule has 0 spiro atoms. The molecular weight excluding hydrogens is 544 g/mol. The second kappa shape index (κ2) is 10.7. The van der Waals surface area contributed by atoms with Crippen LogP contribution >= 0.6 is 0 Å². The molecular formula is C27H30F4N8O2. The third kappa shape index (κ3) is 6.16. The van der Waals surface area contributed by atoms with E-state index < -0.39 is 24.8 Å². The first-order valence-electron chi connectivity index (χ1n) is 13.0. The Morgan fingerprint density at radius 2 is 2.02 bits per heavy atom. The van der Waals surface area contributed by atoms with Gasteiger partial charge in [-0.1, -0.05) is 11.2 Å². The summed E-state index contributed by atoms with van der Waals surface area (Å²) in [6.45, 7) is 5.17. The van der Waals surface area contributed by atoms with Crippen molar-refractivity contribution in [1.82, 2.24) is 34.5 Å². The number of nitrogens with zero attached hydrogens (tertiary/aromatic N) is 7. The minimum Gasteiger partial charge on any atom is -0.342 e. The number of fused-ring (bicyclic) bond motifs is 1. The average Bonchev–Trinajstić information content (AvgIpc) is 3.62. The molecule has 0 unspecified atom stereocenters. The predicted octanol–water partition coefficient (Wildman–Crippen LogP) is 4.88. The minimum absolute atomic E-state index is 0.00560. The molecule has 5 rings (SSSR count). The highest BCUT2D eigenvalue weighted by atomic mass is 19.4. The van der Waals surface area contributed by atoms with Crippen LogP contribution in [0.3, 0.4) is 0 Å². The Morgan fingerprint density at radius 3 is 2.73 bits per heavy atom. The monoisotopic (exact) mass is 574 g/mol. The zero-order chi connectivity index (χ0) is 29.5. The summed E-state index contributed by atoms with van der Waals surface area (Å²) in [5.41, 5.74) is 0.964. The lowest BCUT2D eigenvalue weighted by molar-refractivity contribution is -0.139. The van der Waals surface area contributed by atoms with Gasteiger partial charge < -0.3 is 23.9 Å². The molecule has 1 aliphatic heterocycles. The van der Waals surface area contributed by atoms with E-state index in [2.05, 4.69) is 25.4 Å². The number of carbonyl (C=O) groups excluding carboxylic acids is 1. The van der Waals surface area contributed by atoms with Crippen molar-refractivity contribution >= 4 is 28.2 Å². The van der Waals surface area contributed by atoms with Gasteiger partial charge in [-0.15, -0.1) is 0 Å². The molecule has 218 valence electrons. The fourth-order valence-corrected chi connectivity index (χ4v) is 4.79. The van der Waals surface area contributed by atoms with Gasteiger partial charge in [0.1, 0.15) is 12.2 Å². The summed E-state index contributed by atoms with van der Waals surface area (Å²) in [6.07, 6.45) is -2.40. The Balaban J connectivity index is 1.45. The number of aromatic nitrogens is 5. The van der Waals surface area contributed by atoms with Crippen LogP contribution in [0.5, 0.6) is 0 Å². The first-order valence-corrected chi connectivity index (χ1v) is 13.0. The standard InChI is InChI=1S/C27H30F4N8O2/c1-26(2,3)39-15-32-11-22(39)25(40)33-12-23-35-24(36-41-23)21-10-16-18(34-19-8-9-37(4)13-17(19)28)6-5-7-20(16)38(21)14-27(29,30)31/h5-7,10-11,15,17H,8-9,12-14H2,1-4H3,(H,33,40)/t17-/m0/s1. The van der Waals surface area contributed by atoms with E-state index in [4.69, 9.17) is 4.52 Å². The molecule has 1 aliphatic rings. The van der Waals surface area contributed by atoms with Crippen LogP contribution in [0.4, 0.5) is 23.2 Å². The summed E-state index contributed by atoms with van der Waals surface area (Å²) in [7, 11) is 1.82. The van der Waals surface area contributed by atoms with Crippen LogP contribution in [-0.2, 0) is 18.6 Å². The molecule has 0 saturated carbocycles. The van der Waals surface area contributed by atoms with Gasteiger partial charge in [0.25, 0.3) is 5.91 Å². The van der Waals surface area contributed by atoms with E-state index in [0.717, 1.165) is 4.57 Å². The lowest BCUT2D eigenvalue weighted by Gasteiger charge is -2.26. The Labute approximate surface area is 233 Å². The summed E-state index contributed by atoms with van der Waals surface area (Å²) < 4.78 is 63.6. The molecule has 1 saturated heterocycles. The third-order valence-electron chi connectivity index (χ3n) is 6.80. The molecule has 1 atom stereocenters. The zero-order valence-electron chi connectivity index (χ0n) is 23.0. The van der Waals surface area contributed by atoms with Gasteiger partial charge in [-0.25, -0.2) is 9.37 Å². The number of rotatable bonds is 6. The van der Waals surface area contributed by atoms with Crippen molar-refractivity contribution in [2.75, 3.05) is 20.1 Å². The number of alkyl halides is 4. The Kier molecular flexibility index (Phi) is 7.45. The third-order valence-corrected chi connectivity index (χ3v) is 6.80. The summed E-state index contributed by atoms with van der Waals surface area (Å²) in [6, 6.07) is 6.26. The van der Waals surface area contributed by atoms with Crippen LogP contribution in [0, 0.1) is 0 Å². The molecule has 1 aromatic carbocycles. The van der Waals surface area contributed by atoms with Crippen molar-refractivity contribution < 1.29 is 26.9 Å². The summed E-state index contributed by atoms with van der Waals surface area (Å²) >= 11 is 0. The number of hydrogen-bond donors (Lipinski definition) is 1. The maximum atomic E-state index is 14.7. The lowest BCUT2D eigenvalue weighted by Crippen LogP contribution is -2.39. The molecule has 1 N–H and O–H groups in total. The molecule has 4 heterocycles. The van der Waals surface area contributed by atoms with Crippen LogP contribution in [-0.4, -0.2) is 73.3 Å². The minimum atomic E-state index is -4.54. The van der Waals surface area contributed by atoms with E-state index in [1.54, 1.807) is 23.0 Å². The number of hydrogen-bond acceptors (Lipinski definition) is 7. The van der Waals surface area contributed by atoms with Crippen molar-refractivity contribution in [1.29, 1.82) is 0 Å². The summed E-state index contributed by atoms with van der Waals surface area (Å²) in [5.74, 6) is -0.506. The Bertz CT molecular complexity index is 1590. The predicted molar refractivity (Wildman–Crippen MR) is 144 cm³/mol. The Hall–Kier alpha value is -4.07. The van der Waals surface area contributed by atoms with Crippen molar-refractivity contribution in [3.05, 3.63) is 48.4 Å². The topological polar surface area (TPSA) is 106 Å². The van der Waals surface area contributed by atoms with Gasteiger partial charge in [0.15, 0.2) is 6.17 Å². The second-order valence-corrected chi connectivity index (χ2v) is 11.0. The molecule has 0 aliphatic carbocycles. The van der Waals surface area contributed by atoms with E-state index in [0.29, 0.717) is 35.4 Å². The summed E-state index contributed by atoms with van der Waals surface area (Å²) in [4.78, 5) is 27.4. The molecule has 0 radical (unpaired) electrons. The van der Waals surface area contributed by atoms with Crippen molar-refractivity contribution in [3.63, 3.8) is 0 Å². The van der Waals surface area contributed by atoms with Gasteiger partial charge in [0.2, 0.25) is 11.7 Å². The molecule has 10 nitrogen and oxygen atoms in total.